The SMILES string of the molecule is N=C(N)c1ccc(S(=O)(=O)N2CCc3cc(C(=N)/C=C\C(=N)C(F)(F)F)ccc32)cc1. The van der Waals surface area contributed by atoms with Crippen molar-refractivity contribution in [3.63, 3.8) is 0 Å². The van der Waals surface area contributed by atoms with E-state index in [1.807, 2.05) is 0 Å². The Morgan fingerprint density at radius 3 is 2.19 bits per heavy atom. The molecule has 0 fully saturated rings. The zero-order valence-corrected chi connectivity index (χ0v) is 16.8. The Hall–Kier alpha value is -3.47. The lowest BCUT2D eigenvalue weighted by molar-refractivity contribution is -0.0584. The predicted octanol–water partition coefficient (Wildman–Crippen LogP) is 3.23. The van der Waals surface area contributed by atoms with Crippen LogP contribution in [0.3, 0.4) is 0 Å². The van der Waals surface area contributed by atoms with Gasteiger partial charge in [0.1, 0.15) is 11.5 Å². The zero-order valence-electron chi connectivity index (χ0n) is 16.0. The second-order valence-electron chi connectivity index (χ2n) is 6.77. The molecule has 0 unspecified atom stereocenters. The molecule has 31 heavy (non-hydrogen) atoms. The van der Waals surface area contributed by atoms with Gasteiger partial charge in [-0.2, -0.15) is 13.2 Å². The summed E-state index contributed by atoms with van der Waals surface area (Å²) in [6.45, 7) is 0.178. The fraction of sp³-hybridized carbons (Fsp3) is 0.150. The minimum Gasteiger partial charge on any atom is -0.384 e. The molecule has 0 amide bonds. The van der Waals surface area contributed by atoms with Crippen LogP contribution in [0.1, 0.15) is 16.7 Å². The molecule has 5 N–H and O–H groups in total. The Morgan fingerprint density at radius 1 is 1.00 bits per heavy atom. The van der Waals surface area contributed by atoms with E-state index in [0.717, 1.165) is 6.08 Å². The van der Waals surface area contributed by atoms with E-state index in [1.165, 1.54) is 40.7 Å². The molecule has 0 saturated heterocycles. The summed E-state index contributed by atoms with van der Waals surface area (Å²) < 4.78 is 64.5. The van der Waals surface area contributed by atoms with Gasteiger partial charge in [0.05, 0.1) is 16.3 Å². The van der Waals surface area contributed by atoms with E-state index in [1.54, 1.807) is 6.07 Å². The number of allylic oxidation sites excluding steroid dienone is 2. The Balaban J connectivity index is 1.84. The molecule has 0 bridgehead atoms. The maximum Gasteiger partial charge on any atom is 0.432 e. The molecule has 3 rings (SSSR count). The van der Waals surface area contributed by atoms with Crippen molar-refractivity contribution in [2.45, 2.75) is 17.5 Å². The number of hydrogen-bond donors (Lipinski definition) is 4. The lowest BCUT2D eigenvalue weighted by atomic mass is 10.0. The highest BCUT2D eigenvalue weighted by Crippen LogP contribution is 2.34. The maximum absolute atomic E-state index is 13.0. The molecular formula is C20H18F3N5O2S. The summed E-state index contributed by atoms with van der Waals surface area (Å²) >= 11 is 0. The van der Waals surface area contributed by atoms with E-state index in [0.29, 0.717) is 34.9 Å². The van der Waals surface area contributed by atoms with Crippen molar-refractivity contribution in [1.82, 2.24) is 0 Å². The van der Waals surface area contributed by atoms with E-state index < -0.39 is 21.9 Å². The molecule has 11 heteroatoms. The number of nitrogen functional groups attached to an aromatic ring is 1. The molecule has 0 atom stereocenters. The number of nitrogens with zero attached hydrogens (tertiary/aromatic N) is 1. The molecular weight excluding hydrogens is 431 g/mol. The van der Waals surface area contributed by atoms with Crippen LogP contribution >= 0.6 is 0 Å². The summed E-state index contributed by atoms with van der Waals surface area (Å²) in [6.07, 6.45) is -3.01. The molecule has 1 aliphatic heterocycles. The van der Waals surface area contributed by atoms with Gasteiger partial charge in [0.25, 0.3) is 10.0 Å². The maximum atomic E-state index is 13.0. The van der Waals surface area contributed by atoms with Crippen molar-refractivity contribution in [2.75, 3.05) is 10.8 Å². The van der Waals surface area contributed by atoms with Crippen molar-refractivity contribution in [3.8, 4) is 0 Å². The van der Waals surface area contributed by atoms with E-state index in [-0.39, 0.29) is 23.0 Å². The number of halogens is 3. The minimum absolute atomic E-state index is 0.0377. The standard InChI is InChI=1S/C20H18F3N5O2S/c21-20(22,23)18(25)8-6-16(24)13-3-7-17-14(11-13)9-10-28(17)31(29,30)15-4-1-12(2-5-15)19(26)27/h1-8,11,24-25H,9-10H2,(H3,26,27)/b8-6-,24-16?,25-18?. The fourth-order valence-corrected chi connectivity index (χ4v) is 4.58. The van der Waals surface area contributed by atoms with E-state index in [9.17, 15) is 21.6 Å². The average Bonchev–Trinajstić information content (AvgIpc) is 3.15. The molecule has 1 heterocycles. The second-order valence-corrected chi connectivity index (χ2v) is 8.63. The number of sulfonamides is 1. The van der Waals surface area contributed by atoms with Crippen molar-refractivity contribution < 1.29 is 21.6 Å². The molecule has 7 nitrogen and oxygen atoms in total. The number of fused-ring (bicyclic) bond motifs is 1. The number of anilines is 1. The van der Waals surface area contributed by atoms with Crippen LogP contribution in [0.25, 0.3) is 0 Å². The van der Waals surface area contributed by atoms with Crippen molar-refractivity contribution in [1.29, 1.82) is 16.2 Å². The van der Waals surface area contributed by atoms with Gasteiger partial charge in [-0.05, 0) is 66.1 Å². The molecule has 0 spiro atoms. The largest absolute Gasteiger partial charge is 0.432 e. The van der Waals surface area contributed by atoms with Gasteiger partial charge in [-0.1, -0.05) is 6.07 Å². The van der Waals surface area contributed by atoms with Gasteiger partial charge in [-0.25, -0.2) is 8.42 Å². The summed E-state index contributed by atoms with van der Waals surface area (Å²) in [5.74, 6) is -0.176. The molecule has 2 aromatic carbocycles. The van der Waals surface area contributed by atoms with Crippen LogP contribution in [0.4, 0.5) is 18.9 Å². The van der Waals surface area contributed by atoms with Crippen LogP contribution in [0.2, 0.25) is 0 Å². The molecule has 0 aliphatic carbocycles. The molecule has 1 aliphatic rings. The number of nitrogens with two attached hydrogens (primary N) is 1. The van der Waals surface area contributed by atoms with Crippen LogP contribution in [0, 0.1) is 16.2 Å². The van der Waals surface area contributed by atoms with Gasteiger partial charge in [-0.15, -0.1) is 0 Å². The lowest BCUT2D eigenvalue weighted by Gasteiger charge is -2.20. The van der Waals surface area contributed by atoms with Crippen LogP contribution < -0.4 is 10.0 Å². The van der Waals surface area contributed by atoms with Crippen LogP contribution in [-0.2, 0) is 16.4 Å². The predicted molar refractivity (Wildman–Crippen MR) is 112 cm³/mol. The van der Waals surface area contributed by atoms with E-state index in [2.05, 4.69) is 0 Å². The van der Waals surface area contributed by atoms with Gasteiger partial charge in [-0.3, -0.25) is 15.1 Å². The average molecular weight is 449 g/mol. The first kappa shape index (κ1) is 22.2. The first-order valence-corrected chi connectivity index (χ1v) is 10.4. The van der Waals surface area contributed by atoms with Crippen molar-refractivity contribution in [2.24, 2.45) is 5.73 Å². The molecule has 162 valence electrons. The summed E-state index contributed by atoms with van der Waals surface area (Å²) in [7, 11) is -3.86. The third kappa shape index (κ3) is 4.50. The van der Waals surface area contributed by atoms with Crippen molar-refractivity contribution in [3.05, 3.63) is 71.3 Å². The number of benzene rings is 2. The summed E-state index contributed by atoms with van der Waals surface area (Å²) in [4.78, 5) is 0.0377. The van der Waals surface area contributed by atoms with Gasteiger partial charge in [0.2, 0.25) is 0 Å². The number of amidine groups is 1. The van der Waals surface area contributed by atoms with Crippen LogP contribution in [-0.4, -0.2) is 38.4 Å². The normalized spacial score (nSPS) is 14.0. The second kappa shape index (κ2) is 7.99. The Morgan fingerprint density at radius 2 is 1.61 bits per heavy atom. The molecule has 0 radical (unpaired) electrons. The Kier molecular flexibility index (Phi) is 5.72. The Labute approximate surface area is 176 Å². The highest BCUT2D eigenvalue weighted by molar-refractivity contribution is 7.92. The van der Waals surface area contributed by atoms with Gasteiger partial charge >= 0.3 is 6.18 Å². The molecule has 2 aromatic rings. The van der Waals surface area contributed by atoms with E-state index >= 15 is 0 Å². The van der Waals surface area contributed by atoms with Crippen LogP contribution in [0.15, 0.2) is 59.5 Å². The minimum atomic E-state index is -4.79. The third-order valence-corrected chi connectivity index (χ3v) is 6.55. The van der Waals surface area contributed by atoms with E-state index in [4.69, 9.17) is 22.0 Å². The third-order valence-electron chi connectivity index (χ3n) is 4.72. The number of rotatable bonds is 6. The Bertz CT molecular complexity index is 1200. The summed E-state index contributed by atoms with van der Waals surface area (Å²) in [5, 5.41) is 22.3. The number of nitrogens with one attached hydrogen (secondary N) is 3. The van der Waals surface area contributed by atoms with Gasteiger partial charge in [0.15, 0.2) is 0 Å². The van der Waals surface area contributed by atoms with Crippen molar-refractivity contribution >= 4 is 33.0 Å². The quantitative estimate of drug-likeness (QED) is 0.398. The number of hydrogen-bond acceptors (Lipinski definition) is 5. The summed E-state index contributed by atoms with van der Waals surface area (Å²) in [6, 6.07) is 10.2. The molecule has 0 saturated carbocycles. The molecule has 0 aromatic heterocycles. The lowest BCUT2D eigenvalue weighted by Crippen LogP contribution is -2.29. The summed E-state index contributed by atoms with van der Waals surface area (Å²) in [5.41, 5.74) is 5.39. The van der Waals surface area contributed by atoms with Crippen LogP contribution in [0.5, 0.6) is 0 Å². The number of alkyl halides is 3. The highest BCUT2D eigenvalue weighted by atomic mass is 32.2. The monoisotopic (exact) mass is 449 g/mol. The van der Waals surface area contributed by atoms with Gasteiger partial charge < -0.3 is 11.1 Å². The zero-order chi connectivity index (χ0) is 23.0. The first-order valence-electron chi connectivity index (χ1n) is 8.94. The van der Waals surface area contributed by atoms with Gasteiger partial charge in [0, 0.05) is 12.1 Å². The smallest absolute Gasteiger partial charge is 0.384 e. The topological polar surface area (TPSA) is 135 Å². The fourth-order valence-electron chi connectivity index (χ4n) is 3.08. The first-order chi connectivity index (χ1) is 14.4. The highest BCUT2D eigenvalue weighted by Gasteiger charge is 2.33.